The third-order valence-corrected chi connectivity index (χ3v) is 5.67. The summed E-state index contributed by atoms with van der Waals surface area (Å²) in [6.07, 6.45) is 3.81. The van der Waals surface area contributed by atoms with Crippen LogP contribution in [0.15, 0.2) is 23.1 Å². The summed E-state index contributed by atoms with van der Waals surface area (Å²) in [7, 11) is -3.46. The van der Waals surface area contributed by atoms with E-state index in [-0.39, 0.29) is 10.9 Å². The molecule has 1 aliphatic rings. The van der Waals surface area contributed by atoms with Gasteiger partial charge in [0.05, 0.1) is 5.69 Å². The first-order valence-corrected chi connectivity index (χ1v) is 8.29. The number of unbranched alkanes of at least 4 members (excludes halogenated alkanes) is 1. The van der Waals surface area contributed by atoms with Crippen molar-refractivity contribution in [2.24, 2.45) is 0 Å². The van der Waals surface area contributed by atoms with Crippen molar-refractivity contribution in [3.63, 3.8) is 0 Å². The van der Waals surface area contributed by atoms with Crippen LogP contribution in [0.5, 0.6) is 0 Å². The molecule has 1 saturated carbocycles. The third kappa shape index (κ3) is 2.92. The predicted octanol–water partition coefficient (Wildman–Crippen LogP) is 2.53. The molecule has 0 saturated heterocycles. The molecular weight excluding hydrogens is 260 g/mol. The molecule has 1 aromatic rings. The van der Waals surface area contributed by atoms with Gasteiger partial charge in [0.2, 0.25) is 10.0 Å². The van der Waals surface area contributed by atoms with Gasteiger partial charge in [0, 0.05) is 12.6 Å². The lowest BCUT2D eigenvalue weighted by atomic mass is 10.2. The molecule has 0 aromatic heterocycles. The molecule has 0 heterocycles. The Labute approximate surface area is 115 Å². The van der Waals surface area contributed by atoms with E-state index >= 15 is 0 Å². The molecule has 0 spiro atoms. The summed E-state index contributed by atoms with van der Waals surface area (Å²) in [4.78, 5) is 0.290. The second-order valence-electron chi connectivity index (χ2n) is 5.19. The molecule has 0 aliphatic heterocycles. The minimum Gasteiger partial charge on any atom is -0.398 e. The van der Waals surface area contributed by atoms with E-state index in [0.717, 1.165) is 31.2 Å². The van der Waals surface area contributed by atoms with E-state index in [2.05, 4.69) is 6.92 Å². The molecule has 0 unspecified atom stereocenters. The average molecular weight is 282 g/mol. The van der Waals surface area contributed by atoms with E-state index in [1.54, 1.807) is 29.4 Å². The summed E-state index contributed by atoms with van der Waals surface area (Å²) < 4.78 is 27.3. The van der Waals surface area contributed by atoms with Gasteiger partial charge in [-0.15, -0.1) is 0 Å². The SMILES string of the molecule is CCCCN(C1CC1)S(=O)(=O)c1c(C)cccc1N. The Morgan fingerprint density at radius 3 is 2.58 bits per heavy atom. The number of rotatable bonds is 6. The van der Waals surface area contributed by atoms with Gasteiger partial charge in [-0.25, -0.2) is 8.42 Å². The van der Waals surface area contributed by atoms with Crippen molar-refractivity contribution >= 4 is 15.7 Å². The van der Waals surface area contributed by atoms with Crippen molar-refractivity contribution in [3.8, 4) is 0 Å². The Morgan fingerprint density at radius 1 is 1.37 bits per heavy atom. The molecule has 4 nitrogen and oxygen atoms in total. The molecular formula is C14H22N2O2S. The lowest BCUT2D eigenvalue weighted by Gasteiger charge is -2.23. The van der Waals surface area contributed by atoms with Crippen molar-refractivity contribution in [1.82, 2.24) is 4.31 Å². The standard InChI is InChI=1S/C14H22N2O2S/c1-3-4-10-16(12-8-9-12)19(17,18)14-11(2)6-5-7-13(14)15/h5-7,12H,3-4,8-10,15H2,1-2H3. The van der Waals surface area contributed by atoms with Gasteiger partial charge in [0.15, 0.2) is 0 Å². The van der Waals surface area contributed by atoms with Crippen LogP contribution < -0.4 is 5.73 Å². The zero-order valence-electron chi connectivity index (χ0n) is 11.6. The second-order valence-corrected chi connectivity index (χ2v) is 7.02. The quantitative estimate of drug-likeness (QED) is 0.815. The Morgan fingerprint density at radius 2 is 2.05 bits per heavy atom. The van der Waals surface area contributed by atoms with Gasteiger partial charge in [-0.3, -0.25) is 0 Å². The number of hydrogen-bond acceptors (Lipinski definition) is 3. The minimum atomic E-state index is -3.46. The first-order valence-electron chi connectivity index (χ1n) is 6.85. The lowest BCUT2D eigenvalue weighted by Crippen LogP contribution is -2.34. The third-order valence-electron chi connectivity index (χ3n) is 3.50. The van der Waals surface area contributed by atoms with E-state index in [1.807, 2.05) is 0 Å². The highest BCUT2D eigenvalue weighted by molar-refractivity contribution is 7.89. The van der Waals surface area contributed by atoms with Crippen LogP contribution in [0, 0.1) is 6.92 Å². The Kier molecular flexibility index (Phi) is 4.16. The van der Waals surface area contributed by atoms with Gasteiger partial charge in [0.1, 0.15) is 4.90 Å². The van der Waals surface area contributed by atoms with Gasteiger partial charge in [-0.05, 0) is 37.8 Å². The minimum absolute atomic E-state index is 0.176. The van der Waals surface area contributed by atoms with Crippen LogP contribution in [0.4, 0.5) is 5.69 Å². The summed E-state index contributed by atoms with van der Waals surface area (Å²) in [5.74, 6) is 0. The number of anilines is 1. The fourth-order valence-corrected chi connectivity index (χ4v) is 4.37. The highest BCUT2D eigenvalue weighted by atomic mass is 32.2. The maximum Gasteiger partial charge on any atom is 0.245 e. The van der Waals surface area contributed by atoms with Crippen molar-refractivity contribution in [2.45, 2.75) is 50.5 Å². The summed E-state index contributed by atoms with van der Waals surface area (Å²) in [5.41, 5.74) is 6.96. The number of aryl methyl sites for hydroxylation is 1. The largest absolute Gasteiger partial charge is 0.398 e. The van der Waals surface area contributed by atoms with Crippen molar-refractivity contribution in [2.75, 3.05) is 12.3 Å². The van der Waals surface area contributed by atoms with Crippen LogP contribution in [0.3, 0.4) is 0 Å². The molecule has 2 N–H and O–H groups in total. The number of nitrogens with zero attached hydrogens (tertiary/aromatic N) is 1. The van der Waals surface area contributed by atoms with Crippen LogP contribution in [0.2, 0.25) is 0 Å². The van der Waals surface area contributed by atoms with E-state index in [4.69, 9.17) is 5.73 Å². The average Bonchev–Trinajstić information content (AvgIpc) is 3.13. The van der Waals surface area contributed by atoms with Gasteiger partial charge >= 0.3 is 0 Å². The Hall–Kier alpha value is -1.07. The molecule has 1 fully saturated rings. The number of benzene rings is 1. The van der Waals surface area contributed by atoms with Gasteiger partial charge in [-0.1, -0.05) is 25.5 Å². The zero-order valence-corrected chi connectivity index (χ0v) is 12.4. The predicted molar refractivity (Wildman–Crippen MR) is 77.4 cm³/mol. The normalized spacial score (nSPS) is 15.9. The number of nitrogens with two attached hydrogens (primary N) is 1. The van der Waals surface area contributed by atoms with Gasteiger partial charge in [0.25, 0.3) is 0 Å². The van der Waals surface area contributed by atoms with E-state index in [9.17, 15) is 8.42 Å². The number of nitrogen functional groups attached to an aromatic ring is 1. The van der Waals surface area contributed by atoms with Crippen LogP contribution in [0.25, 0.3) is 0 Å². The molecule has 1 aliphatic carbocycles. The molecule has 0 bridgehead atoms. The number of hydrogen-bond donors (Lipinski definition) is 1. The fraction of sp³-hybridized carbons (Fsp3) is 0.571. The van der Waals surface area contributed by atoms with Crippen LogP contribution in [-0.4, -0.2) is 25.3 Å². The summed E-state index contributed by atoms with van der Waals surface area (Å²) in [6, 6.07) is 5.42. The molecule has 106 valence electrons. The van der Waals surface area contributed by atoms with Crippen LogP contribution >= 0.6 is 0 Å². The molecule has 0 amide bonds. The maximum absolute atomic E-state index is 12.8. The van der Waals surface area contributed by atoms with Crippen molar-refractivity contribution in [3.05, 3.63) is 23.8 Å². The molecule has 0 radical (unpaired) electrons. The highest BCUT2D eigenvalue weighted by Gasteiger charge is 2.38. The fourth-order valence-electron chi connectivity index (χ4n) is 2.32. The molecule has 2 rings (SSSR count). The summed E-state index contributed by atoms with van der Waals surface area (Å²) >= 11 is 0. The van der Waals surface area contributed by atoms with Crippen molar-refractivity contribution in [1.29, 1.82) is 0 Å². The first kappa shape index (κ1) is 14.3. The lowest BCUT2D eigenvalue weighted by molar-refractivity contribution is 0.395. The zero-order chi connectivity index (χ0) is 14.0. The molecule has 1 aromatic carbocycles. The monoisotopic (exact) mass is 282 g/mol. The van der Waals surface area contributed by atoms with Gasteiger partial charge in [-0.2, -0.15) is 4.31 Å². The molecule has 5 heteroatoms. The maximum atomic E-state index is 12.8. The van der Waals surface area contributed by atoms with Crippen LogP contribution in [0.1, 0.15) is 38.2 Å². The smallest absolute Gasteiger partial charge is 0.245 e. The highest BCUT2D eigenvalue weighted by Crippen LogP contribution is 2.35. The second kappa shape index (κ2) is 5.51. The van der Waals surface area contributed by atoms with E-state index in [0.29, 0.717) is 12.2 Å². The van der Waals surface area contributed by atoms with E-state index in [1.165, 1.54) is 0 Å². The Bertz CT molecular complexity index is 530. The molecule has 19 heavy (non-hydrogen) atoms. The summed E-state index contributed by atoms with van der Waals surface area (Å²) in [6.45, 7) is 4.46. The summed E-state index contributed by atoms with van der Waals surface area (Å²) in [5, 5.41) is 0. The van der Waals surface area contributed by atoms with Gasteiger partial charge < -0.3 is 5.73 Å². The number of sulfonamides is 1. The van der Waals surface area contributed by atoms with E-state index < -0.39 is 10.0 Å². The Balaban J connectivity index is 2.39. The topological polar surface area (TPSA) is 63.4 Å². The first-order chi connectivity index (χ1) is 8.98. The van der Waals surface area contributed by atoms with Crippen molar-refractivity contribution < 1.29 is 8.42 Å². The molecule has 0 atom stereocenters. The van der Waals surface area contributed by atoms with Crippen LogP contribution in [-0.2, 0) is 10.0 Å².